The molecular weight excluding hydrogens is 263 g/mol. The van der Waals surface area contributed by atoms with E-state index in [1.54, 1.807) is 0 Å². The zero-order valence-electron chi connectivity index (χ0n) is 8.90. The summed E-state index contributed by atoms with van der Waals surface area (Å²) < 4.78 is 0. The van der Waals surface area contributed by atoms with Crippen LogP contribution in [0.4, 0.5) is 0 Å². The van der Waals surface area contributed by atoms with Gasteiger partial charge in [-0.3, -0.25) is 4.99 Å². The van der Waals surface area contributed by atoms with Crippen LogP contribution in [0.2, 0.25) is 5.02 Å². The van der Waals surface area contributed by atoms with Gasteiger partial charge in [0, 0.05) is 11.6 Å². The average Bonchev–Trinajstić information content (AvgIpc) is 2.74. The molecule has 88 valence electrons. The lowest BCUT2D eigenvalue weighted by Gasteiger charge is -2.15. The molecule has 16 heavy (non-hydrogen) atoms. The number of hydrogen-bond acceptors (Lipinski definition) is 3. The first-order valence-corrected chi connectivity index (χ1v) is 5.81. The van der Waals surface area contributed by atoms with Crippen LogP contribution in [0.5, 0.6) is 0 Å². The summed E-state index contributed by atoms with van der Waals surface area (Å²) in [5, 5.41) is 4.02. The minimum Gasteiger partial charge on any atom is -0.371 e. The third-order valence-corrected chi connectivity index (χ3v) is 3.50. The number of nitrogens with one attached hydrogen (secondary N) is 1. The topological polar surface area (TPSA) is 24.4 Å². The third-order valence-electron chi connectivity index (χ3n) is 2.56. The van der Waals surface area contributed by atoms with E-state index in [0.29, 0.717) is 0 Å². The van der Waals surface area contributed by atoms with Crippen molar-refractivity contribution in [3.05, 3.63) is 34.3 Å². The van der Waals surface area contributed by atoms with Gasteiger partial charge in [0.1, 0.15) is 5.84 Å². The summed E-state index contributed by atoms with van der Waals surface area (Å²) in [5.41, 5.74) is 2.20. The Labute approximate surface area is 112 Å². The molecule has 2 nitrogen and oxygen atoms in total. The number of hydrogen-bond donors (Lipinski definition) is 2. The van der Waals surface area contributed by atoms with Crippen LogP contribution in [0, 0.1) is 6.92 Å². The molecule has 0 saturated heterocycles. The fourth-order valence-corrected chi connectivity index (χ4v) is 2.30. The SMILES string of the molecule is Cc1c(Cl)cccc1C(S)C1=NCCN1.Cl. The first-order chi connectivity index (χ1) is 7.20. The van der Waals surface area contributed by atoms with Crippen LogP contribution in [-0.2, 0) is 0 Å². The molecule has 2 rings (SSSR count). The van der Waals surface area contributed by atoms with Crippen molar-refractivity contribution in [3.63, 3.8) is 0 Å². The van der Waals surface area contributed by atoms with Gasteiger partial charge in [-0.25, -0.2) is 0 Å². The highest BCUT2D eigenvalue weighted by atomic mass is 35.5. The lowest BCUT2D eigenvalue weighted by atomic mass is 10.0. The molecular formula is C11H14Cl2N2S. The van der Waals surface area contributed by atoms with E-state index in [0.717, 1.165) is 35.1 Å². The van der Waals surface area contributed by atoms with E-state index in [1.165, 1.54) is 0 Å². The Morgan fingerprint density at radius 3 is 2.88 bits per heavy atom. The van der Waals surface area contributed by atoms with Crippen LogP contribution >= 0.6 is 36.6 Å². The molecule has 0 amide bonds. The van der Waals surface area contributed by atoms with Crippen molar-refractivity contribution < 1.29 is 0 Å². The van der Waals surface area contributed by atoms with Gasteiger partial charge in [-0.15, -0.1) is 12.4 Å². The molecule has 0 bridgehead atoms. The Kier molecular flexibility index (Phi) is 4.96. The standard InChI is InChI=1S/C11H13ClN2S.ClH/c1-7-8(3-2-4-9(7)12)10(15)11-13-5-6-14-11;/h2-4,10,15H,5-6H2,1H3,(H,13,14);1H. The minimum absolute atomic E-state index is 0. The summed E-state index contributed by atoms with van der Waals surface area (Å²) >= 11 is 10.7. The summed E-state index contributed by atoms with van der Waals surface area (Å²) in [4.78, 5) is 4.37. The number of halogens is 2. The van der Waals surface area contributed by atoms with Gasteiger partial charge < -0.3 is 5.32 Å². The number of amidine groups is 1. The molecule has 1 atom stereocenters. The second kappa shape index (κ2) is 5.80. The highest BCUT2D eigenvalue weighted by Gasteiger charge is 2.18. The summed E-state index contributed by atoms with van der Waals surface area (Å²) in [6.07, 6.45) is 0. The van der Waals surface area contributed by atoms with Gasteiger partial charge in [-0.05, 0) is 24.1 Å². The molecule has 5 heteroatoms. The molecule has 1 N–H and O–H groups in total. The van der Waals surface area contributed by atoms with Gasteiger partial charge >= 0.3 is 0 Å². The van der Waals surface area contributed by atoms with Crippen LogP contribution in [0.15, 0.2) is 23.2 Å². The number of rotatable bonds is 2. The maximum atomic E-state index is 6.07. The molecule has 0 fully saturated rings. The Balaban J connectivity index is 0.00000128. The second-order valence-corrected chi connectivity index (χ2v) is 4.47. The highest BCUT2D eigenvalue weighted by molar-refractivity contribution is 7.81. The number of aliphatic imine (C=N–C) groups is 1. The zero-order chi connectivity index (χ0) is 10.8. The summed E-state index contributed by atoms with van der Waals surface area (Å²) in [7, 11) is 0. The highest BCUT2D eigenvalue weighted by Crippen LogP contribution is 2.29. The monoisotopic (exact) mass is 276 g/mol. The molecule has 0 aliphatic carbocycles. The van der Waals surface area contributed by atoms with Gasteiger partial charge in [-0.2, -0.15) is 12.6 Å². The van der Waals surface area contributed by atoms with E-state index in [9.17, 15) is 0 Å². The Hall–Kier alpha value is -0.380. The van der Waals surface area contributed by atoms with Crippen molar-refractivity contribution in [2.45, 2.75) is 12.2 Å². The van der Waals surface area contributed by atoms with Crippen molar-refractivity contribution in [2.75, 3.05) is 13.1 Å². The molecule has 0 spiro atoms. The Morgan fingerprint density at radius 1 is 1.50 bits per heavy atom. The van der Waals surface area contributed by atoms with E-state index in [-0.39, 0.29) is 17.7 Å². The van der Waals surface area contributed by atoms with Crippen LogP contribution < -0.4 is 5.32 Å². The van der Waals surface area contributed by atoms with Crippen molar-refractivity contribution in [3.8, 4) is 0 Å². The lowest BCUT2D eigenvalue weighted by molar-refractivity contribution is 0.951. The van der Waals surface area contributed by atoms with Gasteiger partial charge in [0.05, 0.1) is 11.8 Å². The maximum absolute atomic E-state index is 6.07. The smallest absolute Gasteiger partial charge is 0.114 e. The van der Waals surface area contributed by atoms with Crippen molar-refractivity contribution in [1.82, 2.24) is 5.32 Å². The van der Waals surface area contributed by atoms with E-state index in [2.05, 4.69) is 22.9 Å². The molecule has 1 aromatic rings. The van der Waals surface area contributed by atoms with Gasteiger partial charge in [0.15, 0.2) is 0 Å². The van der Waals surface area contributed by atoms with Gasteiger partial charge in [-0.1, -0.05) is 23.7 Å². The van der Waals surface area contributed by atoms with E-state index >= 15 is 0 Å². The van der Waals surface area contributed by atoms with Crippen LogP contribution in [0.25, 0.3) is 0 Å². The Morgan fingerprint density at radius 2 is 2.25 bits per heavy atom. The zero-order valence-corrected chi connectivity index (χ0v) is 11.4. The van der Waals surface area contributed by atoms with Crippen LogP contribution in [-0.4, -0.2) is 18.9 Å². The molecule has 1 aromatic carbocycles. The fraction of sp³-hybridized carbons (Fsp3) is 0.364. The predicted octanol–water partition coefficient (Wildman–Crippen LogP) is 3.04. The van der Waals surface area contributed by atoms with E-state index < -0.39 is 0 Å². The lowest BCUT2D eigenvalue weighted by Crippen LogP contribution is -2.23. The number of benzene rings is 1. The quantitative estimate of drug-likeness (QED) is 0.798. The van der Waals surface area contributed by atoms with Crippen molar-refractivity contribution >= 4 is 42.5 Å². The van der Waals surface area contributed by atoms with Crippen molar-refractivity contribution in [1.29, 1.82) is 0 Å². The van der Waals surface area contributed by atoms with Gasteiger partial charge in [0.2, 0.25) is 0 Å². The molecule has 1 aliphatic rings. The molecule has 0 aromatic heterocycles. The predicted molar refractivity (Wildman–Crippen MR) is 75.5 cm³/mol. The first-order valence-electron chi connectivity index (χ1n) is 4.91. The number of thiol groups is 1. The third kappa shape index (κ3) is 2.65. The average molecular weight is 277 g/mol. The summed E-state index contributed by atoms with van der Waals surface area (Å²) in [6, 6.07) is 5.88. The second-order valence-electron chi connectivity index (χ2n) is 3.55. The maximum Gasteiger partial charge on any atom is 0.114 e. The normalized spacial score (nSPS) is 16.1. The molecule has 1 aliphatic heterocycles. The summed E-state index contributed by atoms with van der Waals surface area (Å²) in [6.45, 7) is 3.76. The molecule has 0 saturated carbocycles. The molecule has 0 radical (unpaired) electrons. The molecule has 1 unspecified atom stereocenters. The van der Waals surface area contributed by atoms with Crippen LogP contribution in [0.1, 0.15) is 16.4 Å². The van der Waals surface area contributed by atoms with Crippen molar-refractivity contribution in [2.24, 2.45) is 4.99 Å². The number of nitrogens with zero attached hydrogens (tertiary/aromatic N) is 1. The first kappa shape index (κ1) is 13.7. The van der Waals surface area contributed by atoms with Crippen LogP contribution in [0.3, 0.4) is 0 Å². The Bertz CT molecular complexity index is 407. The van der Waals surface area contributed by atoms with E-state index in [1.807, 2.05) is 25.1 Å². The fourth-order valence-electron chi connectivity index (χ4n) is 1.67. The minimum atomic E-state index is 0. The molecule has 1 heterocycles. The van der Waals surface area contributed by atoms with Gasteiger partial charge in [0.25, 0.3) is 0 Å². The van der Waals surface area contributed by atoms with E-state index in [4.69, 9.17) is 11.6 Å². The largest absolute Gasteiger partial charge is 0.371 e. The summed E-state index contributed by atoms with van der Waals surface area (Å²) in [5.74, 6) is 0.948.